The second-order valence-electron chi connectivity index (χ2n) is 2.15. The van der Waals surface area contributed by atoms with Gasteiger partial charge in [-0.3, -0.25) is 14.9 Å². The first kappa shape index (κ1) is 9.87. The Hall–Kier alpha value is -1.13. The number of nitrogens with zero attached hydrogens (tertiary/aromatic N) is 1. The van der Waals surface area contributed by atoms with Gasteiger partial charge in [0.15, 0.2) is 6.61 Å². The molecule has 0 aromatic rings. The Morgan fingerprint density at radius 1 is 1.73 bits per heavy atom. The number of ether oxygens (including phenoxy) is 1. The van der Waals surface area contributed by atoms with Crippen LogP contribution in [0.3, 0.4) is 0 Å². The quantitative estimate of drug-likeness (QED) is 0.344. The van der Waals surface area contributed by atoms with Crippen LogP contribution in [-0.2, 0) is 9.53 Å². The predicted octanol–water partition coefficient (Wildman–Crippen LogP) is 0.605. The monoisotopic (exact) mass is 161 g/mol. The van der Waals surface area contributed by atoms with Crippen LogP contribution in [0, 0.1) is 10.1 Å². The summed E-state index contributed by atoms with van der Waals surface area (Å²) in [5.74, 6) is -0.481. The van der Waals surface area contributed by atoms with Gasteiger partial charge in [0.1, 0.15) is 0 Å². The number of esters is 1. The molecule has 0 aromatic carbocycles. The second-order valence-corrected chi connectivity index (χ2v) is 2.15. The molecule has 0 spiro atoms. The fourth-order valence-corrected chi connectivity index (χ4v) is 0.541. The van der Waals surface area contributed by atoms with Gasteiger partial charge in [-0.1, -0.05) is 6.92 Å². The van der Waals surface area contributed by atoms with Crippen LogP contribution in [0.1, 0.15) is 20.3 Å². The fourth-order valence-electron chi connectivity index (χ4n) is 0.541. The van der Waals surface area contributed by atoms with Crippen LogP contribution in [-0.4, -0.2) is 23.5 Å². The highest BCUT2D eigenvalue weighted by Gasteiger charge is 2.18. The van der Waals surface area contributed by atoms with Crippen LogP contribution in [0.25, 0.3) is 0 Å². The number of carbonyl (C=O) groups is 1. The maximum absolute atomic E-state index is 10.2. The molecular formula is C6H11NO4. The van der Waals surface area contributed by atoms with E-state index in [9.17, 15) is 14.9 Å². The summed E-state index contributed by atoms with van der Waals surface area (Å²) in [6, 6.07) is -0.765. The molecule has 0 aromatic heterocycles. The predicted molar refractivity (Wildman–Crippen MR) is 37.7 cm³/mol. The van der Waals surface area contributed by atoms with Gasteiger partial charge in [0.25, 0.3) is 0 Å². The van der Waals surface area contributed by atoms with Crippen molar-refractivity contribution >= 4 is 5.97 Å². The van der Waals surface area contributed by atoms with Crippen LogP contribution in [0.5, 0.6) is 0 Å². The van der Waals surface area contributed by atoms with E-state index in [-0.39, 0.29) is 6.61 Å². The molecule has 0 unspecified atom stereocenters. The van der Waals surface area contributed by atoms with E-state index >= 15 is 0 Å². The summed E-state index contributed by atoms with van der Waals surface area (Å²) >= 11 is 0. The van der Waals surface area contributed by atoms with E-state index in [1.54, 1.807) is 6.92 Å². The Labute approximate surface area is 64.5 Å². The lowest BCUT2D eigenvalue weighted by atomic mass is 10.2. The first-order chi connectivity index (χ1) is 5.07. The zero-order valence-electron chi connectivity index (χ0n) is 6.57. The molecule has 0 heterocycles. The van der Waals surface area contributed by atoms with Gasteiger partial charge in [0.2, 0.25) is 6.04 Å². The van der Waals surface area contributed by atoms with Crippen LogP contribution >= 0.6 is 0 Å². The van der Waals surface area contributed by atoms with E-state index in [4.69, 9.17) is 0 Å². The maximum atomic E-state index is 10.2. The van der Waals surface area contributed by atoms with Gasteiger partial charge in [-0.15, -0.1) is 0 Å². The average molecular weight is 161 g/mol. The molecular weight excluding hydrogens is 150 g/mol. The lowest BCUT2D eigenvalue weighted by molar-refractivity contribution is -0.525. The topological polar surface area (TPSA) is 69.4 Å². The van der Waals surface area contributed by atoms with Crippen LogP contribution in [0.4, 0.5) is 0 Å². The number of nitro groups is 1. The van der Waals surface area contributed by atoms with Crippen molar-refractivity contribution in [1.82, 2.24) is 0 Å². The van der Waals surface area contributed by atoms with Crippen LogP contribution < -0.4 is 0 Å². The lowest BCUT2D eigenvalue weighted by Crippen LogP contribution is -2.25. The molecule has 5 heteroatoms. The third-order valence-corrected chi connectivity index (χ3v) is 1.25. The largest absolute Gasteiger partial charge is 0.459 e. The van der Waals surface area contributed by atoms with Crippen molar-refractivity contribution in [1.29, 1.82) is 0 Å². The zero-order chi connectivity index (χ0) is 8.85. The average Bonchev–Trinajstić information content (AvgIpc) is 1.87. The van der Waals surface area contributed by atoms with Gasteiger partial charge >= 0.3 is 5.97 Å². The van der Waals surface area contributed by atoms with Gasteiger partial charge in [0.05, 0.1) is 0 Å². The van der Waals surface area contributed by atoms with Gasteiger partial charge in [-0.2, -0.15) is 0 Å². The molecule has 0 amide bonds. The Bertz CT molecular complexity index is 157. The Balaban J connectivity index is 3.70. The number of rotatable bonds is 4. The highest BCUT2D eigenvalue weighted by atomic mass is 16.6. The van der Waals surface area contributed by atoms with Gasteiger partial charge in [-0.25, -0.2) is 0 Å². The molecule has 1 atom stereocenters. The maximum Gasteiger partial charge on any atom is 0.302 e. The summed E-state index contributed by atoms with van der Waals surface area (Å²) in [5.41, 5.74) is 0. The van der Waals surface area contributed by atoms with Gasteiger partial charge in [-0.05, 0) is 0 Å². The molecule has 0 saturated carbocycles. The molecule has 0 aliphatic carbocycles. The number of hydrogen-bond acceptors (Lipinski definition) is 4. The standard InChI is InChI=1S/C6H11NO4/c1-3-6(7(9)10)4-11-5(2)8/h6H,3-4H2,1-2H3/t6-/m1/s1. The Morgan fingerprint density at radius 3 is 2.55 bits per heavy atom. The van der Waals surface area contributed by atoms with Crippen LogP contribution in [0.15, 0.2) is 0 Å². The molecule has 11 heavy (non-hydrogen) atoms. The van der Waals surface area contributed by atoms with Crippen molar-refractivity contribution in [3.63, 3.8) is 0 Å². The van der Waals surface area contributed by atoms with Crippen molar-refractivity contribution in [3.8, 4) is 0 Å². The van der Waals surface area contributed by atoms with E-state index in [1.165, 1.54) is 6.92 Å². The molecule has 0 rings (SSSR count). The SMILES string of the molecule is CC[C@H](COC(C)=O)[N+](=O)[O-]. The molecule has 64 valence electrons. The van der Waals surface area contributed by atoms with E-state index in [0.29, 0.717) is 6.42 Å². The fraction of sp³-hybridized carbons (Fsp3) is 0.833. The van der Waals surface area contributed by atoms with E-state index in [2.05, 4.69) is 4.74 Å². The Morgan fingerprint density at radius 2 is 2.27 bits per heavy atom. The smallest absolute Gasteiger partial charge is 0.302 e. The Kier molecular flexibility index (Phi) is 4.17. The lowest BCUT2D eigenvalue weighted by Gasteiger charge is -2.05. The highest BCUT2D eigenvalue weighted by Crippen LogP contribution is 1.96. The highest BCUT2D eigenvalue weighted by molar-refractivity contribution is 5.65. The minimum atomic E-state index is -0.765. The van der Waals surface area contributed by atoms with Crippen molar-refractivity contribution < 1.29 is 14.5 Å². The van der Waals surface area contributed by atoms with E-state index < -0.39 is 16.9 Å². The molecule has 0 fully saturated rings. The van der Waals surface area contributed by atoms with Crippen molar-refractivity contribution in [3.05, 3.63) is 10.1 Å². The molecule has 5 nitrogen and oxygen atoms in total. The van der Waals surface area contributed by atoms with Crippen molar-refractivity contribution in [2.24, 2.45) is 0 Å². The van der Waals surface area contributed by atoms with E-state index in [1.807, 2.05) is 0 Å². The molecule has 0 saturated heterocycles. The minimum Gasteiger partial charge on any atom is -0.459 e. The number of hydrogen-bond donors (Lipinski definition) is 0. The zero-order valence-corrected chi connectivity index (χ0v) is 6.57. The molecule has 0 N–H and O–H groups in total. The summed E-state index contributed by atoms with van der Waals surface area (Å²) in [4.78, 5) is 20.0. The summed E-state index contributed by atoms with van der Waals surface area (Å²) in [6.45, 7) is 2.78. The second kappa shape index (κ2) is 4.65. The van der Waals surface area contributed by atoms with Gasteiger partial charge < -0.3 is 4.74 Å². The first-order valence-electron chi connectivity index (χ1n) is 3.34. The van der Waals surface area contributed by atoms with Crippen molar-refractivity contribution in [2.45, 2.75) is 26.3 Å². The minimum absolute atomic E-state index is 0.126. The summed E-state index contributed by atoms with van der Waals surface area (Å²) in [6.07, 6.45) is 0.375. The van der Waals surface area contributed by atoms with Crippen molar-refractivity contribution in [2.75, 3.05) is 6.61 Å². The van der Waals surface area contributed by atoms with Crippen LogP contribution in [0.2, 0.25) is 0 Å². The normalized spacial score (nSPS) is 12.2. The third-order valence-electron chi connectivity index (χ3n) is 1.25. The summed E-state index contributed by atoms with van der Waals surface area (Å²) in [7, 11) is 0. The summed E-state index contributed by atoms with van der Waals surface area (Å²) in [5, 5.41) is 10.2. The molecule has 0 bridgehead atoms. The first-order valence-corrected chi connectivity index (χ1v) is 3.34. The molecule has 0 aliphatic heterocycles. The summed E-state index contributed by atoms with van der Waals surface area (Å²) < 4.78 is 4.48. The third kappa shape index (κ3) is 4.30. The van der Waals surface area contributed by atoms with E-state index in [0.717, 1.165) is 0 Å². The number of carbonyl (C=O) groups excluding carboxylic acids is 1. The van der Waals surface area contributed by atoms with Gasteiger partial charge in [0, 0.05) is 18.3 Å². The molecule has 0 radical (unpaired) electrons. The molecule has 0 aliphatic rings.